The molecule has 1 spiro atoms. The Labute approximate surface area is 275 Å². The lowest BCUT2D eigenvalue weighted by Crippen LogP contribution is -2.56. The first-order valence-corrected chi connectivity index (χ1v) is 16.8. The number of anilines is 2. The van der Waals surface area contributed by atoms with Gasteiger partial charge in [-0.05, 0) is 61.6 Å². The van der Waals surface area contributed by atoms with Crippen molar-refractivity contribution in [2.45, 2.75) is 48.8 Å². The summed E-state index contributed by atoms with van der Waals surface area (Å²) in [5.41, 5.74) is 4.21. The molecule has 238 valence electrons. The number of carbonyl (C=O) groups excluding carboxylic acids is 3. The lowest BCUT2D eigenvalue weighted by atomic mass is 9.70. The van der Waals surface area contributed by atoms with Crippen molar-refractivity contribution in [3.8, 4) is 0 Å². The molecule has 3 amide bonds. The van der Waals surface area contributed by atoms with Crippen LogP contribution in [0.1, 0.15) is 35.6 Å². The van der Waals surface area contributed by atoms with E-state index in [1.54, 1.807) is 38.6 Å². The number of likely N-dealkylation sites (tertiary alicyclic amines) is 1. The maximum atomic E-state index is 15.1. The second-order valence-electron chi connectivity index (χ2n) is 12.5. The summed E-state index contributed by atoms with van der Waals surface area (Å²) in [7, 11) is 0. The zero-order valence-corrected chi connectivity index (χ0v) is 27.2. The Bertz CT molecular complexity index is 1650. The number of aliphatic hydroxyl groups is 1. The van der Waals surface area contributed by atoms with Crippen molar-refractivity contribution in [3.05, 3.63) is 121 Å². The van der Waals surface area contributed by atoms with Crippen molar-refractivity contribution in [1.29, 1.82) is 0 Å². The quantitative estimate of drug-likeness (QED) is 0.267. The summed E-state index contributed by atoms with van der Waals surface area (Å²) in [5.74, 6) is -1.92. The highest BCUT2D eigenvalue weighted by molar-refractivity contribution is 8.02. The average molecular weight is 636 g/mol. The standard InChI is InChI=1S/C38H41N3O4S/c1-5-21-39(28-15-11-8-12-16-28)35(43)32-31-19-20-38(46-31)33(32)36(44)41(30(24-42)27-13-9-7-10-14-27)34(38)37(45)40(22-6-2)29-23-25(3)17-18-26(29)4/h5-18,23,30-34,42H,1-2,19-22,24H2,3-4H3/t30-,31+,32-,33+,34?,38?/m1/s1. The molecule has 3 aromatic rings. The zero-order chi connectivity index (χ0) is 32.6. The molecule has 0 aliphatic carbocycles. The van der Waals surface area contributed by atoms with Gasteiger partial charge in [-0.3, -0.25) is 14.4 Å². The molecule has 0 saturated carbocycles. The fraction of sp³-hybridized carbons (Fsp3) is 0.342. The molecule has 3 fully saturated rings. The highest BCUT2D eigenvalue weighted by Gasteiger charge is 2.75. The first-order chi connectivity index (χ1) is 22.3. The van der Waals surface area contributed by atoms with Gasteiger partial charge in [0.15, 0.2) is 0 Å². The van der Waals surface area contributed by atoms with E-state index >= 15 is 4.79 Å². The largest absolute Gasteiger partial charge is 0.394 e. The van der Waals surface area contributed by atoms with Gasteiger partial charge in [-0.1, -0.05) is 72.8 Å². The first-order valence-electron chi connectivity index (χ1n) is 15.9. The minimum atomic E-state index is -0.889. The van der Waals surface area contributed by atoms with Gasteiger partial charge in [0.05, 0.1) is 29.2 Å². The second kappa shape index (κ2) is 12.9. The molecule has 1 N–H and O–H groups in total. The third-order valence-corrected chi connectivity index (χ3v) is 11.8. The van der Waals surface area contributed by atoms with Crippen molar-refractivity contribution in [1.82, 2.24) is 4.90 Å². The zero-order valence-electron chi connectivity index (χ0n) is 26.4. The van der Waals surface area contributed by atoms with Gasteiger partial charge in [0, 0.05) is 29.7 Å². The van der Waals surface area contributed by atoms with Crippen LogP contribution in [0.5, 0.6) is 0 Å². The fourth-order valence-electron chi connectivity index (χ4n) is 7.85. The molecule has 3 saturated heterocycles. The molecule has 0 aromatic heterocycles. The molecule has 2 unspecified atom stereocenters. The third-order valence-electron chi connectivity index (χ3n) is 9.83. The van der Waals surface area contributed by atoms with Crippen LogP contribution in [0.2, 0.25) is 0 Å². The van der Waals surface area contributed by atoms with Crippen molar-refractivity contribution < 1.29 is 19.5 Å². The summed E-state index contributed by atoms with van der Waals surface area (Å²) in [4.78, 5) is 49.7. The summed E-state index contributed by atoms with van der Waals surface area (Å²) < 4.78 is -0.824. The maximum Gasteiger partial charge on any atom is 0.251 e. The van der Waals surface area contributed by atoms with E-state index in [1.807, 2.05) is 92.7 Å². The molecular formula is C38H41N3O4S. The van der Waals surface area contributed by atoms with E-state index in [0.717, 1.165) is 34.5 Å². The Balaban J connectivity index is 1.49. The van der Waals surface area contributed by atoms with Crippen LogP contribution < -0.4 is 9.80 Å². The number of hydrogen-bond donors (Lipinski definition) is 1. The Morgan fingerprint density at radius 2 is 1.63 bits per heavy atom. The third kappa shape index (κ3) is 5.17. The Morgan fingerprint density at radius 3 is 2.28 bits per heavy atom. The minimum Gasteiger partial charge on any atom is -0.394 e. The smallest absolute Gasteiger partial charge is 0.251 e. The van der Waals surface area contributed by atoms with Gasteiger partial charge in [-0.15, -0.1) is 24.9 Å². The number of aliphatic hydroxyl groups excluding tert-OH is 1. The van der Waals surface area contributed by atoms with Crippen molar-refractivity contribution in [2.24, 2.45) is 11.8 Å². The normalized spacial score (nSPS) is 25.2. The molecule has 6 atom stereocenters. The number of aryl methyl sites for hydroxylation is 2. The van der Waals surface area contributed by atoms with E-state index < -0.39 is 28.7 Å². The van der Waals surface area contributed by atoms with Gasteiger partial charge >= 0.3 is 0 Å². The Kier molecular flexibility index (Phi) is 8.95. The highest BCUT2D eigenvalue weighted by atomic mass is 32.2. The predicted octanol–water partition coefficient (Wildman–Crippen LogP) is 5.87. The van der Waals surface area contributed by atoms with Gasteiger partial charge in [0.25, 0.3) is 5.91 Å². The number of para-hydroxylation sites is 1. The lowest BCUT2D eigenvalue weighted by Gasteiger charge is -2.40. The topological polar surface area (TPSA) is 81.2 Å². The van der Waals surface area contributed by atoms with Crippen molar-refractivity contribution in [2.75, 3.05) is 29.5 Å². The van der Waals surface area contributed by atoms with Gasteiger partial charge < -0.3 is 19.8 Å². The molecule has 46 heavy (non-hydrogen) atoms. The van der Waals surface area contributed by atoms with Gasteiger partial charge in [-0.2, -0.15) is 0 Å². The molecule has 0 radical (unpaired) electrons. The van der Waals surface area contributed by atoms with E-state index in [4.69, 9.17) is 0 Å². The maximum absolute atomic E-state index is 15.1. The van der Waals surface area contributed by atoms with Crippen molar-refractivity contribution >= 4 is 40.9 Å². The summed E-state index contributed by atoms with van der Waals surface area (Å²) >= 11 is 1.63. The van der Waals surface area contributed by atoms with Crippen LogP contribution in [0.3, 0.4) is 0 Å². The fourth-order valence-corrected chi connectivity index (χ4v) is 10.0. The summed E-state index contributed by atoms with van der Waals surface area (Å²) in [6, 6.07) is 23.2. The average Bonchev–Trinajstić information content (AvgIpc) is 3.72. The number of benzene rings is 3. The van der Waals surface area contributed by atoms with E-state index in [9.17, 15) is 14.7 Å². The van der Waals surface area contributed by atoms with Crippen LogP contribution in [0.25, 0.3) is 0 Å². The number of hydrogen-bond acceptors (Lipinski definition) is 5. The summed E-state index contributed by atoms with van der Waals surface area (Å²) in [6.45, 7) is 12.0. The molecule has 3 aliphatic rings. The molecule has 3 aromatic carbocycles. The van der Waals surface area contributed by atoms with Gasteiger partial charge in [-0.25, -0.2) is 0 Å². The molecule has 7 nitrogen and oxygen atoms in total. The van der Waals surface area contributed by atoms with Gasteiger partial charge in [0.2, 0.25) is 11.8 Å². The summed E-state index contributed by atoms with van der Waals surface area (Å²) in [5, 5.41) is 10.8. The molecule has 6 rings (SSSR count). The van der Waals surface area contributed by atoms with Gasteiger partial charge in [0.1, 0.15) is 6.04 Å². The SMILES string of the molecule is C=CCN(C(=O)[C@@H]1[C@@H]2CCC3(S2)C(C(=O)N(CC=C)c2cc(C)ccc2C)N([C@H](CO)c2ccccc2)C(=O)[C@H]13)c1ccccc1. The minimum absolute atomic E-state index is 0.104. The van der Waals surface area contributed by atoms with E-state index in [0.29, 0.717) is 13.0 Å². The van der Waals surface area contributed by atoms with Crippen LogP contribution in [0.4, 0.5) is 11.4 Å². The monoisotopic (exact) mass is 635 g/mol. The molecule has 2 bridgehead atoms. The number of carbonyl (C=O) groups is 3. The van der Waals surface area contributed by atoms with Crippen LogP contribution >= 0.6 is 11.8 Å². The number of nitrogens with zero attached hydrogens (tertiary/aromatic N) is 3. The number of thioether (sulfide) groups is 1. The van der Waals surface area contributed by atoms with E-state index in [2.05, 4.69) is 13.2 Å². The first kappa shape index (κ1) is 31.8. The molecular weight excluding hydrogens is 595 g/mol. The highest BCUT2D eigenvalue weighted by Crippen LogP contribution is 2.67. The van der Waals surface area contributed by atoms with Crippen LogP contribution in [0, 0.1) is 25.7 Å². The van der Waals surface area contributed by atoms with Crippen LogP contribution in [0.15, 0.2) is 104 Å². The van der Waals surface area contributed by atoms with Crippen LogP contribution in [-0.2, 0) is 14.4 Å². The second-order valence-corrected chi connectivity index (χ2v) is 14.1. The molecule has 3 aliphatic heterocycles. The predicted molar refractivity (Wildman–Crippen MR) is 185 cm³/mol. The number of amides is 3. The Morgan fingerprint density at radius 1 is 0.978 bits per heavy atom. The van der Waals surface area contributed by atoms with Crippen molar-refractivity contribution in [3.63, 3.8) is 0 Å². The Hall–Kier alpha value is -4.14. The molecule has 8 heteroatoms. The van der Waals surface area contributed by atoms with E-state index in [-0.39, 0.29) is 36.1 Å². The number of fused-ring (bicyclic) bond motifs is 1. The molecule has 3 heterocycles. The lowest BCUT2D eigenvalue weighted by molar-refractivity contribution is -0.142. The van der Waals surface area contributed by atoms with E-state index in [1.165, 1.54) is 0 Å². The van der Waals surface area contributed by atoms with Crippen LogP contribution in [-0.4, -0.2) is 63.5 Å². The number of rotatable bonds is 11. The summed E-state index contributed by atoms with van der Waals surface area (Å²) in [6.07, 6.45) is 4.75.